The molecular weight excluding hydrogens is 392 g/mol. The van der Waals surface area contributed by atoms with Crippen LogP contribution in [0.1, 0.15) is 54.6 Å². The van der Waals surface area contributed by atoms with Gasteiger partial charge in [0, 0.05) is 23.6 Å². The Kier molecular flexibility index (Phi) is 5.52. The Morgan fingerprint density at radius 1 is 1.10 bits per heavy atom. The minimum atomic E-state index is -0.0651. The highest BCUT2D eigenvalue weighted by Crippen LogP contribution is 2.45. The van der Waals surface area contributed by atoms with Crippen molar-refractivity contribution in [2.45, 2.75) is 45.8 Å². The summed E-state index contributed by atoms with van der Waals surface area (Å²) in [6.45, 7) is 8.80. The molecule has 1 aliphatic rings. The molecule has 1 aliphatic heterocycles. The van der Waals surface area contributed by atoms with Gasteiger partial charge in [-0.05, 0) is 75.8 Å². The number of nitrogens with zero attached hydrogens (tertiary/aromatic N) is 3. The van der Waals surface area contributed by atoms with Crippen LogP contribution >= 0.6 is 12.2 Å². The Bertz CT molecular complexity index is 1060. The molecule has 5 nitrogen and oxygen atoms in total. The van der Waals surface area contributed by atoms with Gasteiger partial charge in [-0.3, -0.25) is 4.98 Å². The average molecular weight is 421 g/mol. The molecule has 0 saturated carbocycles. The number of anilines is 1. The number of hydrogen-bond acceptors (Lipinski definition) is 3. The first-order chi connectivity index (χ1) is 14.4. The molecular formula is C24H28N4OS. The number of para-hydroxylation sites is 2. The summed E-state index contributed by atoms with van der Waals surface area (Å²) in [6, 6.07) is 16.6. The molecule has 0 unspecified atom stereocenters. The standard InChI is InChI=1S/C24H28N4OS/c1-15(2)27-16(3)14-18(17(27)4)23-22(19-10-8-9-13-25-19)26-24(30)28(23)20-11-6-7-12-21(20)29-5/h6-15,22-23H,1-5H3,(H,26,30)/t22-,23-/m1/s1. The lowest BCUT2D eigenvalue weighted by atomic mass is 9.96. The highest BCUT2D eigenvalue weighted by molar-refractivity contribution is 7.80. The van der Waals surface area contributed by atoms with Gasteiger partial charge in [-0.1, -0.05) is 18.2 Å². The Hall–Kier alpha value is -2.86. The molecule has 2 aromatic heterocycles. The van der Waals surface area contributed by atoms with Gasteiger partial charge >= 0.3 is 0 Å². The Labute approximate surface area is 183 Å². The van der Waals surface area contributed by atoms with Crippen LogP contribution in [0.15, 0.2) is 54.7 Å². The fourth-order valence-electron chi connectivity index (χ4n) is 4.66. The Balaban J connectivity index is 1.92. The van der Waals surface area contributed by atoms with Gasteiger partial charge in [-0.15, -0.1) is 0 Å². The number of aryl methyl sites for hydroxylation is 1. The first-order valence-corrected chi connectivity index (χ1v) is 10.7. The van der Waals surface area contributed by atoms with E-state index in [-0.39, 0.29) is 12.1 Å². The lowest BCUT2D eigenvalue weighted by Gasteiger charge is -2.29. The van der Waals surface area contributed by atoms with E-state index >= 15 is 0 Å². The lowest BCUT2D eigenvalue weighted by Crippen LogP contribution is -2.30. The molecule has 0 radical (unpaired) electrons. The van der Waals surface area contributed by atoms with E-state index in [0.29, 0.717) is 11.2 Å². The number of aromatic nitrogens is 2. The molecule has 6 heteroatoms. The van der Waals surface area contributed by atoms with E-state index in [0.717, 1.165) is 17.1 Å². The number of pyridine rings is 1. The van der Waals surface area contributed by atoms with Crippen molar-refractivity contribution in [3.8, 4) is 5.75 Å². The summed E-state index contributed by atoms with van der Waals surface area (Å²) in [5, 5.41) is 4.21. The third-order valence-electron chi connectivity index (χ3n) is 5.80. The molecule has 30 heavy (non-hydrogen) atoms. The topological polar surface area (TPSA) is 42.3 Å². The van der Waals surface area contributed by atoms with E-state index in [2.05, 4.69) is 65.7 Å². The van der Waals surface area contributed by atoms with E-state index in [4.69, 9.17) is 17.0 Å². The van der Waals surface area contributed by atoms with Gasteiger partial charge in [0.1, 0.15) is 5.75 Å². The molecule has 0 spiro atoms. The molecule has 2 atom stereocenters. The molecule has 1 fully saturated rings. The Morgan fingerprint density at radius 2 is 1.83 bits per heavy atom. The summed E-state index contributed by atoms with van der Waals surface area (Å²) in [6.07, 6.45) is 1.83. The highest BCUT2D eigenvalue weighted by Gasteiger charge is 2.43. The number of thiocarbonyl (C=S) groups is 1. The van der Waals surface area contributed by atoms with Crippen LogP contribution in [0.25, 0.3) is 0 Å². The second-order valence-corrected chi connectivity index (χ2v) is 8.35. The van der Waals surface area contributed by atoms with Crippen molar-refractivity contribution in [1.29, 1.82) is 0 Å². The van der Waals surface area contributed by atoms with Crippen molar-refractivity contribution in [2.75, 3.05) is 12.0 Å². The van der Waals surface area contributed by atoms with E-state index < -0.39 is 0 Å². The fourth-order valence-corrected chi connectivity index (χ4v) is 4.99. The van der Waals surface area contributed by atoms with Crippen molar-refractivity contribution < 1.29 is 4.74 Å². The van der Waals surface area contributed by atoms with E-state index in [1.165, 1.54) is 17.0 Å². The number of hydrogen-bond donors (Lipinski definition) is 1. The maximum absolute atomic E-state index is 5.84. The normalized spacial score (nSPS) is 18.7. The summed E-state index contributed by atoms with van der Waals surface area (Å²) in [5.41, 5.74) is 5.66. The van der Waals surface area contributed by atoms with Crippen LogP contribution in [0.4, 0.5) is 5.69 Å². The molecule has 4 rings (SSSR count). The van der Waals surface area contributed by atoms with Crippen LogP contribution in [0.2, 0.25) is 0 Å². The van der Waals surface area contributed by atoms with Crippen LogP contribution in [-0.2, 0) is 0 Å². The molecule has 1 saturated heterocycles. The maximum Gasteiger partial charge on any atom is 0.174 e. The highest BCUT2D eigenvalue weighted by atomic mass is 32.1. The molecule has 1 N–H and O–H groups in total. The summed E-state index contributed by atoms with van der Waals surface area (Å²) in [7, 11) is 1.70. The number of rotatable bonds is 5. The molecule has 1 aromatic carbocycles. The smallest absolute Gasteiger partial charge is 0.174 e. The average Bonchev–Trinajstić information content (AvgIpc) is 3.23. The van der Waals surface area contributed by atoms with E-state index in [1.807, 2.05) is 36.5 Å². The van der Waals surface area contributed by atoms with Crippen LogP contribution < -0.4 is 15.0 Å². The molecule has 3 aromatic rings. The van der Waals surface area contributed by atoms with Crippen molar-refractivity contribution in [1.82, 2.24) is 14.9 Å². The van der Waals surface area contributed by atoms with Gasteiger partial charge in [0.2, 0.25) is 0 Å². The first-order valence-electron chi connectivity index (χ1n) is 10.3. The largest absolute Gasteiger partial charge is 0.495 e. The predicted molar refractivity (Wildman–Crippen MR) is 125 cm³/mol. The zero-order valence-electron chi connectivity index (χ0n) is 18.1. The number of benzene rings is 1. The molecule has 3 heterocycles. The summed E-state index contributed by atoms with van der Waals surface area (Å²) in [5.74, 6) is 0.797. The van der Waals surface area contributed by atoms with E-state index in [1.54, 1.807) is 7.11 Å². The summed E-state index contributed by atoms with van der Waals surface area (Å²) < 4.78 is 8.06. The van der Waals surface area contributed by atoms with Crippen molar-refractivity contribution in [2.24, 2.45) is 0 Å². The summed E-state index contributed by atoms with van der Waals surface area (Å²) in [4.78, 5) is 6.83. The third-order valence-corrected chi connectivity index (χ3v) is 6.12. The van der Waals surface area contributed by atoms with Crippen LogP contribution in [0, 0.1) is 13.8 Å². The predicted octanol–water partition coefficient (Wildman–Crippen LogP) is 5.27. The molecule has 0 amide bonds. The number of ether oxygens (including phenoxy) is 1. The third kappa shape index (κ3) is 3.35. The molecule has 156 valence electrons. The van der Waals surface area contributed by atoms with Gasteiger partial charge in [0.25, 0.3) is 0 Å². The van der Waals surface area contributed by atoms with Gasteiger partial charge < -0.3 is 19.5 Å². The van der Waals surface area contributed by atoms with Gasteiger partial charge in [-0.25, -0.2) is 0 Å². The van der Waals surface area contributed by atoms with Gasteiger partial charge in [0.05, 0.1) is 30.6 Å². The maximum atomic E-state index is 5.84. The second kappa shape index (κ2) is 8.11. The second-order valence-electron chi connectivity index (χ2n) is 7.96. The van der Waals surface area contributed by atoms with Gasteiger partial charge in [-0.2, -0.15) is 0 Å². The van der Waals surface area contributed by atoms with Crippen molar-refractivity contribution in [3.63, 3.8) is 0 Å². The number of nitrogens with one attached hydrogen (secondary N) is 1. The first kappa shape index (κ1) is 20.4. The Morgan fingerprint density at radius 3 is 2.47 bits per heavy atom. The lowest BCUT2D eigenvalue weighted by molar-refractivity contribution is 0.414. The zero-order valence-corrected chi connectivity index (χ0v) is 18.9. The minimum absolute atomic E-state index is 0.0394. The SMILES string of the molecule is COc1ccccc1N1C(=S)N[C@H](c2ccccn2)[C@H]1c1cc(C)n(C(C)C)c1C. The molecule has 0 aliphatic carbocycles. The van der Waals surface area contributed by atoms with E-state index in [9.17, 15) is 0 Å². The quantitative estimate of drug-likeness (QED) is 0.570. The fraction of sp³-hybridized carbons (Fsp3) is 0.333. The van der Waals surface area contributed by atoms with Crippen molar-refractivity contribution >= 4 is 23.0 Å². The van der Waals surface area contributed by atoms with Crippen molar-refractivity contribution in [3.05, 3.63) is 77.4 Å². The summed E-state index contributed by atoms with van der Waals surface area (Å²) >= 11 is 5.84. The van der Waals surface area contributed by atoms with Gasteiger partial charge in [0.15, 0.2) is 5.11 Å². The van der Waals surface area contributed by atoms with Crippen LogP contribution in [0.3, 0.4) is 0 Å². The number of methoxy groups -OCH3 is 1. The van der Waals surface area contributed by atoms with Crippen LogP contribution in [-0.4, -0.2) is 21.8 Å². The molecule has 0 bridgehead atoms. The monoisotopic (exact) mass is 420 g/mol. The van der Waals surface area contributed by atoms with Crippen LogP contribution in [0.5, 0.6) is 5.75 Å². The zero-order chi connectivity index (χ0) is 21.4. The minimum Gasteiger partial charge on any atom is -0.495 e.